The Hall–Kier alpha value is -2.38. The van der Waals surface area contributed by atoms with Gasteiger partial charge in [-0.25, -0.2) is 9.59 Å². The van der Waals surface area contributed by atoms with Crippen molar-refractivity contribution in [3.05, 3.63) is 32.6 Å². The number of carbonyl (C=O) groups is 2. The molecule has 8 nitrogen and oxygen atoms in total. The van der Waals surface area contributed by atoms with Gasteiger partial charge in [0.1, 0.15) is 11.4 Å². The lowest BCUT2D eigenvalue weighted by Crippen LogP contribution is -2.08. The maximum absolute atomic E-state index is 10.9. The summed E-state index contributed by atoms with van der Waals surface area (Å²) in [5, 5.41) is 27.9. The normalized spacial score (nSPS) is 10.2. The van der Waals surface area contributed by atoms with Gasteiger partial charge in [-0.2, -0.15) is 0 Å². The fraction of sp³-hybridized carbons (Fsp3) is 0.333. The van der Waals surface area contributed by atoms with Crippen molar-refractivity contribution >= 4 is 11.9 Å². The van der Waals surface area contributed by atoms with Crippen LogP contribution in [0.4, 0.5) is 0 Å². The SMILES string of the molecule is Cc1c(C(=O)O)[nH]c(C(=O)O)c1CC[N+](=O)[O-]. The molecule has 1 heterocycles. The summed E-state index contributed by atoms with van der Waals surface area (Å²) in [6.07, 6.45) is -0.121. The number of aromatic nitrogens is 1. The minimum absolute atomic E-state index is 0.121. The van der Waals surface area contributed by atoms with Crippen LogP contribution in [0, 0.1) is 17.0 Å². The first-order valence-corrected chi connectivity index (χ1v) is 4.64. The standard InChI is InChI=1S/C9H10N2O6/c1-4-5(2-3-11(16)17)7(9(14)15)10-6(4)8(12)13/h10H,2-3H2,1H3,(H,12,13)(H,14,15). The van der Waals surface area contributed by atoms with Crippen molar-refractivity contribution in [1.29, 1.82) is 0 Å². The Labute approximate surface area is 95.0 Å². The molecule has 0 aliphatic rings. The Balaban J connectivity index is 3.20. The smallest absolute Gasteiger partial charge is 0.352 e. The third-order valence-electron chi connectivity index (χ3n) is 2.35. The van der Waals surface area contributed by atoms with Crippen molar-refractivity contribution in [1.82, 2.24) is 4.98 Å². The van der Waals surface area contributed by atoms with Gasteiger partial charge in [0.05, 0.1) is 0 Å². The van der Waals surface area contributed by atoms with Crippen LogP contribution < -0.4 is 0 Å². The third-order valence-corrected chi connectivity index (χ3v) is 2.35. The summed E-state index contributed by atoms with van der Waals surface area (Å²) in [6.45, 7) is 0.972. The number of aromatic amines is 1. The molecule has 0 spiro atoms. The average Bonchev–Trinajstić information content (AvgIpc) is 2.52. The molecule has 0 bridgehead atoms. The van der Waals surface area contributed by atoms with Crippen LogP contribution in [0.3, 0.4) is 0 Å². The number of nitrogens with zero attached hydrogens (tertiary/aromatic N) is 1. The third kappa shape index (κ3) is 2.60. The molecule has 1 rings (SSSR count). The number of hydrogen-bond acceptors (Lipinski definition) is 4. The molecule has 0 atom stereocenters. The molecule has 0 radical (unpaired) electrons. The van der Waals surface area contributed by atoms with Crippen LogP contribution in [0.25, 0.3) is 0 Å². The van der Waals surface area contributed by atoms with Gasteiger partial charge in [-0.1, -0.05) is 0 Å². The summed E-state index contributed by atoms with van der Waals surface area (Å²) in [4.78, 5) is 33.6. The lowest BCUT2D eigenvalue weighted by molar-refractivity contribution is -0.479. The van der Waals surface area contributed by atoms with Gasteiger partial charge in [0.15, 0.2) is 0 Å². The summed E-state index contributed by atoms with van der Waals surface area (Å²) in [5.41, 5.74) is -0.175. The second-order valence-corrected chi connectivity index (χ2v) is 3.40. The van der Waals surface area contributed by atoms with Gasteiger partial charge in [-0.05, 0) is 18.1 Å². The maximum atomic E-state index is 10.9. The van der Waals surface area contributed by atoms with Crippen molar-refractivity contribution in [2.24, 2.45) is 0 Å². The molecule has 3 N–H and O–H groups in total. The molecule has 0 saturated heterocycles. The first-order chi connectivity index (χ1) is 7.84. The van der Waals surface area contributed by atoms with Crippen molar-refractivity contribution < 1.29 is 24.7 Å². The number of carboxylic acids is 2. The Morgan fingerprint density at radius 3 is 2.24 bits per heavy atom. The highest BCUT2D eigenvalue weighted by Crippen LogP contribution is 2.19. The van der Waals surface area contributed by atoms with Gasteiger partial charge in [-0.3, -0.25) is 10.1 Å². The molecule has 0 aromatic carbocycles. The van der Waals surface area contributed by atoms with Crippen molar-refractivity contribution in [3.63, 3.8) is 0 Å². The highest BCUT2D eigenvalue weighted by molar-refractivity contribution is 5.94. The van der Waals surface area contributed by atoms with E-state index in [1.807, 2.05) is 0 Å². The van der Waals surface area contributed by atoms with Crippen LogP contribution in [0.5, 0.6) is 0 Å². The van der Waals surface area contributed by atoms with Crippen LogP contribution in [-0.2, 0) is 6.42 Å². The summed E-state index contributed by atoms with van der Waals surface area (Å²) in [7, 11) is 0. The fourth-order valence-corrected chi connectivity index (χ4v) is 1.54. The Morgan fingerprint density at radius 2 is 1.82 bits per heavy atom. The maximum Gasteiger partial charge on any atom is 0.352 e. The van der Waals surface area contributed by atoms with E-state index in [9.17, 15) is 19.7 Å². The molecule has 0 fully saturated rings. The fourth-order valence-electron chi connectivity index (χ4n) is 1.54. The van der Waals surface area contributed by atoms with Gasteiger partial charge < -0.3 is 15.2 Å². The highest BCUT2D eigenvalue weighted by Gasteiger charge is 2.23. The quantitative estimate of drug-likeness (QED) is 0.509. The number of nitrogens with one attached hydrogen (secondary N) is 1. The molecule has 0 aliphatic carbocycles. The Bertz CT molecular complexity index is 490. The summed E-state index contributed by atoms with van der Waals surface area (Å²) < 4.78 is 0. The molecule has 1 aromatic heterocycles. The molecule has 0 amide bonds. The number of nitro groups is 1. The van der Waals surface area contributed by atoms with E-state index in [1.54, 1.807) is 0 Å². The van der Waals surface area contributed by atoms with Crippen molar-refractivity contribution in [2.45, 2.75) is 13.3 Å². The number of rotatable bonds is 5. The monoisotopic (exact) mass is 242 g/mol. The van der Waals surface area contributed by atoms with Gasteiger partial charge in [0.2, 0.25) is 6.54 Å². The van der Waals surface area contributed by atoms with E-state index in [1.165, 1.54) is 6.92 Å². The van der Waals surface area contributed by atoms with Gasteiger partial charge in [0.25, 0.3) is 0 Å². The molecule has 17 heavy (non-hydrogen) atoms. The van der Waals surface area contributed by atoms with Gasteiger partial charge in [-0.15, -0.1) is 0 Å². The second kappa shape index (κ2) is 4.64. The van der Waals surface area contributed by atoms with E-state index >= 15 is 0 Å². The van der Waals surface area contributed by atoms with E-state index in [4.69, 9.17) is 10.2 Å². The second-order valence-electron chi connectivity index (χ2n) is 3.40. The predicted octanol–water partition coefficient (Wildman–Crippen LogP) is 0.539. The van der Waals surface area contributed by atoms with Crippen LogP contribution in [0.15, 0.2) is 0 Å². The Morgan fingerprint density at radius 1 is 1.29 bits per heavy atom. The lowest BCUT2D eigenvalue weighted by atomic mass is 10.1. The zero-order chi connectivity index (χ0) is 13.2. The number of carboxylic acid groups (broad SMARTS) is 2. The minimum Gasteiger partial charge on any atom is -0.477 e. The van der Waals surface area contributed by atoms with Crippen molar-refractivity contribution in [2.75, 3.05) is 6.54 Å². The molecular weight excluding hydrogens is 232 g/mol. The van der Waals surface area contributed by atoms with Gasteiger partial charge in [0, 0.05) is 11.3 Å². The highest BCUT2D eigenvalue weighted by atomic mass is 16.6. The van der Waals surface area contributed by atoms with E-state index in [2.05, 4.69) is 4.98 Å². The minimum atomic E-state index is -1.33. The summed E-state index contributed by atoms with van der Waals surface area (Å²) in [6, 6.07) is 0. The van der Waals surface area contributed by atoms with Crippen LogP contribution >= 0.6 is 0 Å². The summed E-state index contributed by atoms with van der Waals surface area (Å²) >= 11 is 0. The molecule has 8 heteroatoms. The number of hydrogen-bond donors (Lipinski definition) is 3. The Kier molecular flexibility index (Phi) is 3.46. The number of H-pyrrole nitrogens is 1. The molecule has 0 aliphatic heterocycles. The predicted molar refractivity (Wildman–Crippen MR) is 55.0 cm³/mol. The van der Waals surface area contributed by atoms with Crippen LogP contribution in [-0.4, -0.2) is 38.6 Å². The molecule has 92 valence electrons. The zero-order valence-corrected chi connectivity index (χ0v) is 8.89. The van der Waals surface area contributed by atoms with E-state index in [0.29, 0.717) is 0 Å². The first kappa shape index (κ1) is 12.7. The number of aromatic carboxylic acids is 2. The van der Waals surface area contributed by atoms with Crippen LogP contribution in [0.2, 0.25) is 0 Å². The van der Waals surface area contributed by atoms with E-state index in [0.717, 1.165) is 0 Å². The van der Waals surface area contributed by atoms with E-state index < -0.39 is 23.4 Å². The largest absolute Gasteiger partial charge is 0.477 e. The topological polar surface area (TPSA) is 134 Å². The van der Waals surface area contributed by atoms with E-state index in [-0.39, 0.29) is 28.9 Å². The molecule has 0 unspecified atom stereocenters. The summed E-state index contributed by atoms with van der Waals surface area (Å²) in [5.74, 6) is -2.63. The average molecular weight is 242 g/mol. The molecular formula is C9H10N2O6. The molecule has 1 aromatic rings. The van der Waals surface area contributed by atoms with Crippen molar-refractivity contribution in [3.8, 4) is 0 Å². The lowest BCUT2D eigenvalue weighted by Gasteiger charge is -1.98. The zero-order valence-electron chi connectivity index (χ0n) is 8.89. The molecule has 0 saturated carbocycles. The first-order valence-electron chi connectivity index (χ1n) is 4.64. The van der Waals surface area contributed by atoms with Crippen LogP contribution in [0.1, 0.15) is 32.1 Å². The van der Waals surface area contributed by atoms with Gasteiger partial charge >= 0.3 is 11.9 Å².